The lowest BCUT2D eigenvalue weighted by Gasteiger charge is -2.21. The lowest BCUT2D eigenvalue weighted by Crippen LogP contribution is -2.46. The first-order valence-corrected chi connectivity index (χ1v) is 6.55. The fourth-order valence-corrected chi connectivity index (χ4v) is 2.33. The topological polar surface area (TPSA) is 66.4 Å². The number of hydrogen-bond acceptors (Lipinski definition) is 2. The van der Waals surface area contributed by atoms with Crippen molar-refractivity contribution in [2.75, 3.05) is 0 Å². The van der Waals surface area contributed by atoms with Crippen LogP contribution >= 0.6 is 0 Å². The molecule has 0 bridgehead atoms. The number of hydrogen-bond donors (Lipinski definition) is 2. The minimum atomic E-state index is -0.943. The summed E-state index contributed by atoms with van der Waals surface area (Å²) in [5.41, 5.74) is 0. The minimum Gasteiger partial charge on any atom is -0.480 e. The van der Waals surface area contributed by atoms with Gasteiger partial charge in [0.25, 0.3) is 0 Å². The van der Waals surface area contributed by atoms with Crippen LogP contribution in [0.15, 0.2) is 0 Å². The van der Waals surface area contributed by atoms with Gasteiger partial charge in [0.2, 0.25) is 5.91 Å². The maximum Gasteiger partial charge on any atom is 0.326 e. The predicted octanol–water partition coefficient (Wildman–Crippen LogP) is 2.18. The van der Waals surface area contributed by atoms with E-state index in [0.29, 0.717) is 0 Å². The SMILES string of the molecule is CC(C)[C@@H](NC(=O)C1CCCCCC1)C(=O)O. The average molecular weight is 241 g/mol. The highest BCUT2D eigenvalue weighted by atomic mass is 16.4. The highest BCUT2D eigenvalue weighted by Gasteiger charge is 2.27. The van der Waals surface area contributed by atoms with Crippen LogP contribution in [0.5, 0.6) is 0 Å². The molecule has 1 amide bonds. The van der Waals surface area contributed by atoms with Gasteiger partial charge in [-0.05, 0) is 18.8 Å². The van der Waals surface area contributed by atoms with Crippen molar-refractivity contribution in [1.29, 1.82) is 0 Å². The highest BCUT2D eigenvalue weighted by molar-refractivity contribution is 5.85. The molecule has 0 radical (unpaired) electrons. The van der Waals surface area contributed by atoms with Crippen LogP contribution in [0.1, 0.15) is 52.4 Å². The fraction of sp³-hybridized carbons (Fsp3) is 0.846. The van der Waals surface area contributed by atoms with Crippen molar-refractivity contribution < 1.29 is 14.7 Å². The predicted molar refractivity (Wildman–Crippen MR) is 65.6 cm³/mol. The van der Waals surface area contributed by atoms with Crippen LogP contribution in [0, 0.1) is 11.8 Å². The molecule has 1 fully saturated rings. The number of rotatable bonds is 4. The highest BCUT2D eigenvalue weighted by Crippen LogP contribution is 2.23. The molecule has 0 aliphatic heterocycles. The summed E-state index contributed by atoms with van der Waals surface area (Å²) in [7, 11) is 0. The molecule has 1 aliphatic carbocycles. The van der Waals surface area contributed by atoms with Gasteiger partial charge >= 0.3 is 5.97 Å². The normalized spacial score (nSPS) is 19.7. The number of carbonyl (C=O) groups is 2. The molecule has 98 valence electrons. The summed E-state index contributed by atoms with van der Waals surface area (Å²) in [6.45, 7) is 3.62. The van der Waals surface area contributed by atoms with Gasteiger partial charge in [-0.1, -0.05) is 39.5 Å². The second kappa shape index (κ2) is 6.62. The molecule has 2 N–H and O–H groups in total. The first-order valence-electron chi connectivity index (χ1n) is 6.55. The quantitative estimate of drug-likeness (QED) is 0.741. The molecular formula is C13H23NO3. The maximum absolute atomic E-state index is 12.0. The van der Waals surface area contributed by atoms with E-state index in [-0.39, 0.29) is 17.7 Å². The Kier molecular flexibility index (Phi) is 5.45. The van der Waals surface area contributed by atoms with E-state index in [1.807, 2.05) is 13.8 Å². The molecule has 1 atom stereocenters. The van der Waals surface area contributed by atoms with Crippen molar-refractivity contribution in [1.82, 2.24) is 5.32 Å². The van der Waals surface area contributed by atoms with Crippen LogP contribution in [0.2, 0.25) is 0 Å². The van der Waals surface area contributed by atoms with Gasteiger partial charge in [-0.2, -0.15) is 0 Å². The Morgan fingerprint density at radius 2 is 1.65 bits per heavy atom. The molecule has 0 aromatic heterocycles. The number of carboxylic acids is 1. The molecule has 4 heteroatoms. The molecule has 0 heterocycles. The summed E-state index contributed by atoms with van der Waals surface area (Å²) in [5.74, 6) is -1.09. The average Bonchev–Trinajstić information content (AvgIpc) is 2.52. The molecule has 0 aromatic rings. The standard InChI is InChI=1S/C13H23NO3/c1-9(2)11(13(16)17)14-12(15)10-7-5-3-4-6-8-10/h9-11H,3-8H2,1-2H3,(H,14,15)(H,16,17)/t11-/m1/s1. The van der Waals surface area contributed by atoms with Gasteiger partial charge in [0.15, 0.2) is 0 Å². The van der Waals surface area contributed by atoms with Crippen molar-refractivity contribution >= 4 is 11.9 Å². The first-order chi connectivity index (χ1) is 8.02. The molecule has 1 aliphatic rings. The minimum absolute atomic E-state index is 0.0121. The zero-order valence-corrected chi connectivity index (χ0v) is 10.7. The fourth-order valence-electron chi connectivity index (χ4n) is 2.33. The second-order valence-corrected chi connectivity index (χ2v) is 5.26. The number of aliphatic carboxylic acids is 1. The van der Waals surface area contributed by atoms with E-state index in [1.54, 1.807) is 0 Å². The summed E-state index contributed by atoms with van der Waals surface area (Å²) < 4.78 is 0. The summed E-state index contributed by atoms with van der Waals surface area (Å²) in [5, 5.41) is 11.7. The van der Waals surface area contributed by atoms with E-state index in [0.717, 1.165) is 25.7 Å². The van der Waals surface area contributed by atoms with E-state index in [2.05, 4.69) is 5.32 Å². The third-order valence-corrected chi connectivity index (χ3v) is 3.46. The molecule has 17 heavy (non-hydrogen) atoms. The Hall–Kier alpha value is -1.06. The molecule has 4 nitrogen and oxygen atoms in total. The molecule has 0 saturated heterocycles. The summed E-state index contributed by atoms with van der Waals surface area (Å²) in [6, 6.07) is -0.759. The van der Waals surface area contributed by atoms with E-state index in [1.165, 1.54) is 12.8 Å². The number of amides is 1. The van der Waals surface area contributed by atoms with Crippen LogP contribution < -0.4 is 5.32 Å². The Bertz CT molecular complexity index is 268. The molecule has 0 unspecified atom stereocenters. The van der Waals surface area contributed by atoms with Gasteiger partial charge in [0.1, 0.15) is 6.04 Å². The Labute approximate surface area is 103 Å². The Morgan fingerprint density at radius 1 is 1.12 bits per heavy atom. The molecule has 0 aromatic carbocycles. The Balaban J connectivity index is 2.53. The zero-order valence-electron chi connectivity index (χ0n) is 10.7. The third kappa shape index (κ3) is 4.36. The van der Waals surface area contributed by atoms with Crippen molar-refractivity contribution in [3.05, 3.63) is 0 Å². The lowest BCUT2D eigenvalue weighted by atomic mass is 9.97. The van der Waals surface area contributed by atoms with Gasteiger partial charge < -0.3 is 10.4 Å². The zero-order chi connectivity index (χ0) is 12.8. The van der Waals surface area contributed by atoms with Crippen LogP contribution in [-0.2, 0) is 9.59 Å². The van der Waals surface area contributed by atoms with E-state index < -0.39 is 12.0 Å². The van der Waals surface area contributed by atoms with Gasteiger partial charge in [0, 0.05) is 5.92 Å². The van der Waals surface area contributed by atoms with Gasteiger partial charge in [-0.25, -0.2) is 4.79 Å². The van der Waals surface area contributed by atoms with Crippen LogP contribution in [-0.4, -0.2) is 23.0 Å². The molecule has 1 saturated carbocycles. The largest absolute Gasteiger partial charge is 0.480 e. The summed E-state index contributed by atoms with van der Waals surface area (Å²) in [6.07, 6.45) is 6.34. The van der Waals surface area contributed by atoms with Crippen molar-refractivity contribution in [3.8, 4) is 0 Å². The van der Waals surface area contributed by atoms with Gasteiger partial charge in [-0.15, -0.1) is 0 Å². The molecule has 1 rings (SSSR count). The summed E-state index contributed by atoms with van der Waals surface area (Å²) >= 11 is 0. The number of carbonyl (C=O) groups excluding carboxylic acids is 1. The van der Waals surface area contributed by atoms with E-state index in [4.69, 9.17) is 5.11 Å². The maximum atomic E-state index is 12.0. The monoisotopic (exact) mass is 241 g/mol. The van der Waals surface area contributed by atoms with Crippen LogP contribution in [0.25, 0.3) is 0 Å². The van der Waals surface area contributed by atoms with E-state index >= 15 is 0 Å². The van der Waals surface area contributed by atoms with Crippen molar-refractivity contribution in [3.63, 3.8) is 0 Å². The third-order valence-electron chi connectivity index (χ3n) is 3.46. The smallest absolute Gasteiger partial charge is 0.326 e. The first kappa shape index (κ1) is 14.0. The van der Waals surface area contributed by atoms with Gasteiger partial charge in [-0.3, -0.25) is 4.79 Å². The Morgan fingerprint density at radius 3 is 2.06 bits per heavy atom. The van der Waals surface area contributed by atoms with Gasteiger partial charge in [0.05, 0.1) is 0 Å². The van der Waals surface area contributed by atoms with Crippen molar-refractivity contribution in [2.24, 2.45) is 11.8 Å². The van der Waals surface area contributed by atoms with Crippen molar-refractivity contribution in [2.45, 2.75) is 58.4 Å². The number of carboxylic acid groups (broad SMARTS) is 1. The molecule has 0 spiro atoms. The van der Waals surface area contributed by atoms with Crippen LogP contribution in [0.3, 0.4) is 0 Å². The summed E-state index contributed by atoms with van der Waals surface area (Å²) in [4.78, 5) is 23.0. The lowest BCUT2D eigenvalue weighted by molar-refractivity contribution is -0.143. The van der Waals surface area contributed by atoms with Crippen LogP contribution in [0.4, 0.5) is 0 Å². The second-order valence-electron chi connectivity index (χ2n) is 5.26. The van der Waals surface area contributed by atoms with E-state index in [9.17, 15) is 9.59 Å². The molecular weight excluding hydrogens is 218 g/mol. The number of nitrogens with one attached hydrogen (secondary N) is 1.